The van der Waals surface area contributed by atoms with Crippen LogP contribution < -0.4 is 10.9 Å². The summed E-state index contributed by atoms with van der Waals surface area (Å²) >= 11 is 0. The topological polar surface area (TPSA) is 113 Å². The van der Waals surface area contributed by atoms with Gasteiger partial charge >= 0.3 is 5.97 Å². The van der Waals surface area contributed by atoms with Gasteiger partial charge in [0, 0.05) is 37.7 Å². The zero-order valence-electron chi connectivity index (χ0n) is 26.1. The molecule has 0 bridgehead atoms. The van der Waals surface area contributed by atoms with Crippen molar-refractivity contribution >= 4 is 41.7 Å². The third kappa shape index (κ3) is 7.46. The molecule has 0 saturated heterocycles. The number of hydrogen-bond acceptors (Lipinski definition) is 8. The van der Waals surface area contributed by atoms with E-state index in [2.05, 4.69) is 41.1 Å². The summed E-state index contributed by atoms with van der Waals surface area (Å²) in [5, 5.41) is 9.75. The summed E-state index contributed by atoms with van der Waals surface area (Å²) in [5.41, 5.74) is 3.13. The van der Waals surface area contributed by atoms with E-state index < -0.39 is 14.0 Å². The number of unbranched alkanes of at least 4 members (excludes halogenated alkanes) is 1. The number of rotatable bonds is 14. The van der Waals surface area contributed by atoms with Crippen LogP contribution in [0, 0.1) is 0 Å². The number of para-hydroxylation sites is 1. The van der Waals surface area contributed by atoms with E-state index in [1.165, 1.54) is 10.8 Å². The lowest BCUT2D eigenvalue weighted by atomic mass is 10.0. The lowest BCUT2D eigenvalue weighted by molar-refractivity contribution is -0.144. The average Bonchev–Trinajstić information content (AvgIpc) is 3.61. The molecule has 1 atom stereocenters. The number of benzene rings is 2. The van der Waals surface area contributed by atoms with E-state index in [9.17, 15) is 9.59 Å². The van der Waals surface area contributed by atoms with Gasteiger partial charge in [-0.2, -0.15) is 5.10 Å². The van der Waals surface area contributed by atoms with E-state index in [4.69, 9.17) is 13.9 Å². The predicted molar refractivity (Wildman–Crippen MR) is 175 cm³/mol. The highest BCUT2D eigenvalue weighted by atomic mass is 28.3. The standard InChI is InChI=1S/C33H41N5O5Si/c1-6-7-14-42-31(39)21-38-32(25-18-35-37(20-25)22-41-15-16-44(3,4)5)34-19-28(33(38)40)36-23(2)24-12-13-30-27(17-24)26-10-8-9-11-29(26)43-30/h8-13,17-20,23,36H,6-7,14-16,21-22H2,1-5H3/t23-/m1/s1. The molecule has 5 rings (SSSR count). The Hall–Kier alpha value is -4.22. The Morgan fingerprint density at radius 1 is 1.07 bits per heavy atom. The van der Waals surface area contributed by atoms with Crippen molar-refractivity contribution in [2.24, 2.45) is 0 Å². The first-order valence-corrected chi connectivity index (χ1v) is 18.9. The minimum Gasteiger partial charge on any atom is -0.464 e. The van der Waals surface area contributed by atoms with E-state index in [0.29, 0.717) is 31.3 Å². The molecule has 44 heavy (non-hydrogen) atoms. The largest absolute Gasteiger partial charge is 0.464 e. The molecule has 0 amide bonds. The van der Waals surface area contributed by atoms with E-state index in [0.717, 1.165) is 46.4 Å². The van der Waals surface area contributed by atoms with E-state index in [-0.39, 0.29) is 23.8 Å². The molecule has 3 heterocycles. The molecule has 0 radical (unpaired) electrons. The van der Waals surface area contributed by atoms with Gasteiger partial charge in [0.1, 0.15) is 36.0 Å². The number of nitrogens with zero attached hydrogens (tertiary/aromatic N) is 4. The molecule has 0 aliphatic heterocycles. The van der Waals surface area contributed by atoms with Crippen LogP contribution in [0.25, 0.3) is 33.3 Å². The van der Waals surface area contributed by atoms with Gasteiger partial charge in [-0.3, -0.25) is 14.2 Å². The molecule has 10 nitrogen and oxygen atoms in total. The number of carbonyl (C=O) groups excluding carboxylic acids is 1. The summed E-state index contributed by atoms with van der Waals surface area (Å²) in [5.74, 6) is -0.159. The van der Waals surface area contributed by atoms with Crippen LogP contribution in [0.3, 0.4) is 0 Å². The summed E-state index contributed by atoms with van der Waals surface area (Å²) in [7, 11) is -1.20. The maximum atomic E-state index is 13.8. The van der Waals surface area contributed by atoms with Gasteiger partial charge in [-0.1, -0.05) is 57.3 Å². The quantitative estimate of drug-likeness (QED) is 0.0821. The Balaban J connectivity index is 1.39. The average molecular weight is 616 g/mol. The van der Waals surface area contributed by atoms with Gasteiger partial charge in [-0.25, -0.2) is 9.67 Å². The summed E-state index contributed by atoms with van der Waals surface area (Å²) in [6.07, 6.45) is 6.57. The number of furan rings is 1. The van der Waals surface area contributed by atoms with Crippen LogP contribution >= 0.6 is 0 Å². The number of carbonyl (C=O) groups is 1. The van der Waals surface area contributed by atoms with Crippen molar-refractivity contribution < 1.29 is 18.7 Å². The minimum absolute atomic E-state index is 0.227. The second kappa shape index (κ2) is 13.6. The van der Waals surface area contributed by atoms with Crippen LogP contribution in [-0.4, -0.2) is 46.6 Å². The van der Waals surface area contributed by atoms with Crippen molar-refractivity contribution in [1.29, 1.82) is 0 Å². The van der Waals surface area contributed by atoms with Gasteiger partial charge in [0.2, 0.25) is 0 Å². The highest BCUT2D eigenvalue weighted by Gasteiger charge is 2.19. The van der Waals surface area contributed by atoms with Crippen molar-refractivity contribution in [1.82, 2.24) is 19.3 Å². The molecule has 232 valence electrons. The summed E-state index contributed by atoms with van der Waals surface area (Å²) < 4.78 is 20.2. The number of anilines is 1. The van der Waals surface area contributed by atoms with Crippen molar-refractivity contribution in [2.45, 2.75) is 71.7 Å². The van der Waals surface area contributed by atoms with Gasteiger partial charge in [0.25, 0.3) is 5.56 Å². The van der Waals surface area contributed by atoms with Crippen LogP contribution in [0.5, 0.6) is 0 Å². The van der Waals surface area contributed by atoms with Crippen LogP contribution in [-0.2, 0) is 27.5 Å². The molecule has 3 aromatic heterocycles. The minimum atomic E-state index is -1.20. The summed E-state index contributed by atoms with van der Waals surface area (Å²) in [6, 6.07) is 14.7. The van der Waals surface area contributed by atoms with Crippen molar-refractivity contribution in [3.63, 3.8) is 0 Å². The van der Waals surface area contributed by atoms with Crippen LogP contribution in [0.1, 0.15) is 38.3 Å². The van der Waals surface area contributed by atoms with Crippen molar-refractivity contribution in [2.75, 3.05) is 18.5 Å². The lowest BCUT2D eigenvalue weighted by Gasteiger charge is -2.18. The second-order valence-electron chi connectivity index (χ2n) is 12.3. The molecule has 0 aliphatic rings. The van der Waals surface area contributed by atoms with Gasteiger partial charge in [-0.05, 0) is 43.2 Å². The third-order valence-corrected chi connectivity index (χ3v) is 9.18. The van der Waals surface area contributed by atoms with Gasteiger partial charge in [-0.15, -0.1) is 0 Å². The normalized spacial score (nSPS) is 12.6. The second-order valence-corrected chi connectivity index (χ2v) is 17.9. The first kappa shape index (κ1) is 31.2. The maximum absolute atomic E-state index is 13.8. The Morgan fingerprint density at radius 2 is 1.86 bits per heavy atom. The maximum Gasteiger partial charge on any atom is 0.326 e. The Labute approximate surface area is 258 Å². The fourth-order valence-electron chi connectivity index (χ4n) is 4.89. The smallest absolute Gasteiger partial charge is 0.326 e. The van der Waals surface area contributed by atoms with Crippen molar-refractivity contribution in [3.8, 4) is 11.4 Å². The Kier molecular flexibility index (Phi) is 9.65. The molecule has 1 N–H and O–H groups in total. The fourth-order valence-corrected chi connectivity index (χ4v) is 5.65. The summed E-state index contributed by atoms with van der Waals surface area (Å²) in [6.45, 7) is 11.9. The van der Waals surface area contributed by atoms with Crippen LogP contribution in [0.2, 0.25) is 25.7 Å². The number of ether oxygens (including phenoxy) is 2. The monoisotopic (exact) mass is 615 g/mol. The van der Waals surface area contributed by atoms with E-state index in [1.54, 1.807) is 17.1 Å². The van der Waals surface area contributed by atoms with Crippen molar-refractivity contribution in [3.05, 3.63) is 77.0 Å². The molecule has 5 aromatic rings. The Morgan fingerprint density at radius 3 is 2.66 bits per heavy atom. The predicted octanol–water partition coefficient (Wildman–Crippen LogP) is 6.83. The number of aromatic nitrogens is 4. The molecule has 2 aromatic carbocycles. The van der Waals surface area contributed by atoms with E-state index >= 15 is 0 Å². The number of nitrogens with one attached hydrogen (secondary N) is 1. The number of hydrogen-bond donors (Lipinski definition) is 1. The fraction of sp³-hybridized carbons (Fsp3) is 0.394. The molecule has 11 heteroatoms. The SMILES string of the molecule is CCCCOC(=O)Cn1c(-c2cnn(COCC[Si](C)(C)C)c2)ncc(N[C@H](C)c2ccc3oc4ccccc4c3c2)c1=O. The van der Waals surface area contributed by atoms with Gasteiger partial charge < -0.3 is 19.2 Å². The Bertz CT molecular complexity index is 1800. The van der Waals surface area contributed by atoms with Gasteiger partial charge in [0.15, 0.2) is 0 Å². The summed E-state index contributed by atoms with van der Waals surface area (Å²) in [4.78, 5) is 31.2. The first-order chi connectivity index (χ1) is 21.1. The molecule has 0 spiro atoms. The molecule has 0 fully saturated rings. The third-order valence-electron chi connectivity index (χ3n) is 7.48. The lowest BCUT2D eigenvalue weighted by Crippen LogP contribution is -2.30. The molecule has 0 saturated carbocycles. The van der Waals surface area contributed by atoms with Gasteiger partial charge in [0.05, 0.1) is 24.6 Å². The van der Waals surface area contributed by atoms with Crippen LogP contribution in [0.4, 0.5) is 5.69 Å². The molecular weight excluding hydrogens is 574 g/mol. The first-order valence-electron chi connectivity index (χ1n) is 15.2. The highest BCUT2D eigenvalue weighted by molar-refractivity contribution is 6.76. The molecular formula is C33H41N5O5Si. The van der Waals surface area contributed by atoms with E-state index in [1.807, 2.05) is 50.2 Å². The zero-order valence-corrected chi connectivity index (χ0v) is 27.1. The number of fused-ring (bicyclic) bond motifs is 3. The van der Waals surface area contributed by atoms with Crippen LogP contribution in [0.15, 0.2) is 70.3 Å². The number of esters is 1. The highest BCUT2D eigenvalue weighted by Crippen LogP contribution is 2.31. The molecule has 0 aliphatic carbocycles. The molecule has 0 unspecified atom stereocenters. The zero-order chi connectivity index (χ0) is 31.3.